The van der Waals surface area contributed by atoms with Gasteiger partial charge >= 0.3 is 6.18 Å². The number of benzene rings is 2. The number of hydrogen-bond donors (Lipinski definition) is 2. The summed E-state index contributed by atoms with van der Waals surface area (Å²) in [5.74, 6) is -2.06. The molecule has 2 N–H and O–H groups in total. The van der Waals surface area contributed by atoms with Crippen molar-refractivity contribution in [3.05, 3.63) is 64.9 Å². The highest BCUT2D eigenvalue weighted by Crippen LogP contribution is 2.67. The van der Waals surface area contributed by atoms with E-state index in [0.717, 1.165) is 0 Å². The zero-order valence-electron chi connectivity index (χ0n) is 23.0. The van der Waals surface area contributed by atoms with Crippen molar-refractivity contribution in [3.63, 3.8) is 0 Å². The maximum absolute atomic E-state index is 14.3. The van der Waals surface area contributed by atoms with Crippen molar-refractivity contribution in [3.8, 4) is 0 Å². The summed E-state index contributed by atoms with van der Waals surface area (Å²) >= 11 is 5.87. The first-order valence-electron chi connectivity index (χ1n) is 13.9. The zero-order valence-corrected chi connectivity index (χ0v) is 24.5. The number of sulfonamides is 1. The average Bonchev–Trinajstić information content (AvgIpc) is 3.59. The molecular weight excluding hydrogens is 596 g/mol. The van der Waals surface area contributed by atoms with Gasteiger partial charge in [-0.1, -0.05) is 35.9 Å². The minimum atomic E-state index is -4.35. The molecule has 0 saturated heterocycles. The molecule has 0 spiro atoms. The summed E-state index contributed by atoms with van der Waals surface area (Å²) in [5.41, 5.74) is -1.09. The van der Waals surface area contributed by atoms with E-state index in [1.54, 1.807) is 38.1 Å². The third-order valence-electron chi connectivity index (χ3n) is 9.26. The largest absolute Gasteiger partial charge is 0.393 e. The lowest BCUT2D eigenvalue weighted by atomic mass is 9.41. The topological polar surface area (TPSA) is 90.9 Å². The number of amidine groups is 1. The predicted octanol–water partition coefficient (Wildman–Crippen LogP) is 5.05. The number of rotatable bonds is 9. The fraction of sp³-hybridized carbons (Fsp3) is 0.517. The van der Waals surface area contributed by atoms with Crippen molar-refractivity contribution in [2.75, 3.05) is 0 Å². The molecule has 4 fully saturated rings. The number of aliphatic imine (C=N–C) groups is 1. The van der Waals surface area contributed by atoms with Crippen LogP contribution >= 0.6 is 11.6 Å². The molecule has 1 aliphatic heterocycles. The summed E-state index contributed by atoms with van der Waals surface area (Å²) in [5, 5.41) is 5.70. The van der Waals surface area contributed by atoms with E-state index in [9.17, 15) is 30.8 Å². The Morgan fingerprint density at radius 3 is 2.43 bits per heavy atom. The van der Waals surface area contributed by atoms with Gasteiger partial charge in [0.05, 0.1) is 27.2 Å². The second kappa shape index (κ2) is 9.92. The van der Waals surface area contributed by atoms with Gasteiger partial charge < -0.3 is 10.6 Å². The van der Waals surface area contributed by atoms with Gasteiger partial charge in [0.2, 0.25) is 15.9 Å². The first-order chi connectivity index (χ1) is 19.6. The summed E-state index contributed by atoms with van der Waals surface area (Å²) in [6.45, 7) is 3.48. The van der Waals surface area contributed by atoms with E-state index in [0.29, 0.717) is 30.7 Å². The number of alkyl halides is 3. The molecule has 1 amide bonds. The molecule has 1 heterocycles. The van der Waals surface area contributed by atoms with E-state index in [2.05, 4.69) is 15.6 Å². The van der Waals surface area contributed by atoms with Crippen LogP contribution in [-0.4, -0.2) is 53.8 Å². The fourth-order valence-corrected chi connectivity index (χ4v) is 8.73. The number of carbonyl (C=O) groups excluding carboxylic acids is 1. The standard InChI is InChI=1S/C29H31ClF4N4O3S/c1-27(2)25(26(39)35-23-11-20(23)29(32,33)34)36-24(37-27)12-19-17-13-28(19,14-17)38(15-16-8-9-21(30)22(31)10-16)42(40,41)18-6-4-3-5-7-18/h3-10,17,19-20,23,25H,11-15H2,1-2H3,(H,35,39)(H,36,37)/t17?,19?,20?,23?,25-,28?/m0/s1. The Morgan fingerprint density at radius 2 is 1.86 bits per heavy atom. The van der Waals surface area contributed by atoms with Crippen molar-refractivity contribution >= 4 is 33.4 Å². The molecular formula is C29H31ClF4N4O3S. The van der Waals surface area contributed by atoms with Crippen LogP contribution in [0.4, 0.5) is 17.6 Å². The van der Waals surface area contributed by atoms with Crippen LogP contribution < -0.4 is 10.6 Å². The molecule has 4 saturated carbocycles. The molecule has 0 aromatic heterocycles. The molecule has 3 unspecified atom stereocenters. The summed E-state index contributed by atoms with van der Waals surface area (Å²) in [7, 11) is -3.98. The van der Waals surface area contributed by atoms with Gasteiger partial charge in [0, 0.05) is 24.5 Å². The monoisotopic (exact) mass is 626 g/mol. The Labute approximate surface area is 246 Å². The van der Waals surface area contributed by atoms with Crippen LogP contribution in [0, 0.1) is 23.6 Å². The second-order valence-electron chi connectivity index (χ2n) is 12.5. The lowest BCUT2D eigenvalue weighted by Gasteiger charge is -2.71. The van der Waals surface area contributed by atoms with Gasteiger partial charge in [-0.15, -0.1) is 0 Å². The molecule has 2 bridgehead atoms. The number of nitrogens with one attached hydrogen (secondary N) is 2. The second-order valence-corrected chi connectivity index (χ2v) is 14.7. The number of nitrogens with zero attached hydrogens (tertiary/aromatic N) is 2. The molecule has 226 valence electrons. The first-order valence-corrected chi connectivity index (χ1v) is 15.7. The quantitative estimate of drug-likeness (QED) is 0.381. The van der Waals surface area contributed by atoms with E-state index >= 15 is 0 Å². The van der Waals surface area contributed by atoms with E-state index in [1.165, 1.54) is 28.6 Å². The smallest absolute Gasteiger partial charge is 0.366 e. The summed E-state index contributed by atoms with van der Waals surface area (Å²) in [4.78, 5) is 17.6. The maximum atomic E-state index is 14.3. The number of carbonyl (C=O) groups is 1. The van der Waals surface area contributed by atoms with Gasteiger partial charge in [-0.05, 0) is 74.8 Å². The Bertz CT molecular complexity index is 1540. The number of hydrogen-bond acceptors (Lipinski definition) is 5. The highest BCUT2D eigenvalue weighted by molar-refractivity contribution is 7.89. The molecule has 5 aliphatic rings. The number of halogens is 5. The van der Waals surface area contributed by atoms with Crippen molar-refractivity contribution in [1.29, 1.82) is 0 Å². The molecule has 0 radical (unpaired) electrons. The minimum absolute atomic E-state index is 0.0489. The molecule has 42 heavy (non-hydrogen) atoms. The SMILES string of the molecule is CC1(C)NC(CC2C3CC2(N(Cc2ccc(Cl)c(F)c2)S(=O)(=O)c2ccccc2)C3)=N[C@H]1C(=O)NC1CC1C(F)(F)F. The third kappa shape index (κ3) is 4.98. The van der Waals surface area contributed by atoms with Crippen LogP contribution in [0.3, 0.4) is 0 Å². The summed E-state index contributed by atoms with van der Waals surface area (Å²) in [6, 6.07) is 10.5. The first kappa shape index (κ1) is 29.4. The van der Waals surface area contributed by atoms with Gasteiger partial charge in [-0.3, -0.25) is 9.79 Å². The van der Waals surface area contributed by atoms with Crippen molar-refractivity contribution in [2.24, 2.45) is 22.7 Å². The van der Waals surface area contributed by atoms with E-state index in [-0.39, 0.29) is 34.7 Å². The summed E-state index contributed by atoms with van der Waals surface area (Å²) < 4.78 is 82.7. The molecule has 4 aliphatic carbocycles. The lowest BCUT2D eigenvalue weighted by Crippen LogP contribution is -2.76. The van der Waals surface area contributed by atoms with Gasteiger partial charge in [0.15, 0.2) is 6.04 Å². The Hall–Kier alpha value is -2.70. The van der Waals surface area contributed by atoms with Crippen LogP contribution in [0.1, 0.15) is 45.1 Å². The van der Waals surface area contributed by atoms with Crippen molar-refractivity contribution < 1.29 is 30.8 Å². The molecule has 7 nitrogen and oxygen atoms in total. The van der Waals surface area contributed by atoms with Crippen LogP contribution in [-0.2, 0) is 21.4 Å². The van der Waals surface area contributed by atoms with Crippen LogP contribution in [0.15, 0.2) is 58.4 Å². The van der Waals surface area contributed by atoms with Crippen LogP contribution in [0.25, 0.3) is 0 Å². The molecule has 4 atom stereocenters. The summed E-state index contributed by atoms with van der Waals surface area (Å²) in [6.07, 6.45) is -2.83. The van der Waals surface area contributed by atoms with E-state index in [4.69, 9.17) is 11.6 Å². The van der Waals surface area contributed by atoms with E-state index in [1.807, 2.05) is 0 Å². The average molecular weight is 627 g/mol. The van der Waals surface area contributed by atoms with Crippen LogP contribution in [0.2, 0.25) is 5.02 Å². The third-order valence-corrected chi connectivity index (χ3v) is 11.5. The van der Waals surface area contributed by atoms with E-state index < -0.39 is 57.0 Å². The van der Waals surface area contributed by atoms with Crippen LogP contribution in [0.5, 0.6) is 0 Å². The van der Waals surface area contributed by atoms with Crippen molar-refractivity contribution in [1.82, 2.24) is 14.9 Å². The van der Waals surface area contributed by atoms with Crippen molar-refractivity contribution in [2.45, 2.75) is 80.3 Å². The Balaban J connectivity index is 1.23. The maximum Gasteiger partial charge on any atom is 0.393 e. The highest BCUT2D eigenvalue weighted by Gasteiger charge is 2.70. The molecule has 13 heteroatoms. The fourth-order valence-electron chi connectivity index (χ4n) is 6.77. The van der Waals surface area contributed by atoms with Gasteiger partial charge in [-0.25, -0.2) is 12.8 Å². The lowest BCUT2D eigenvalue weighted by molar-refractivity contribution is -0.179. The molecule has 2 aromatic carbocycles. The van der Waals surface area contributed by atoms with Gasteiger partial charge in [0.1, 0.15) is 5.82 Å². The zero-order chi connectivity index (χ0) is 30.2. The Kier molecular flexibility index (Phi) is 6.94. The molecule has 7 rings (SSSR count). The minimum Gasteiger partial charge on any atom is -0.366 e. The highest BCUT2D eigenvalue weighted by atomic mass is 35.5. The molecule has 2 aromatic rings. The van der Waals surface area contributed by atoms with Gasteiger partial charge in [-0.2, -0.15) is 17.5 Å². The predicted molar refractivity (Wildman–Crippen MR) is 149 cm³/mol. The number of amides is 1. The normalized spacial score (nSPS) is 31.0. The van der Waals surface area contributed by atoms with Gasteiger partial charge in [0.25, 0.3) is 0 Å². The Morgan fingerprint density at radius 1 is 1.17 bits per heavy atom.